The van der Waals surface area contributed by atoms with Gasteiger partial charge in [0.1, 0.15) is 22.6 Å². The van der Waals surface area contributed by atoms with E-state index in [9.17, 15) is 10.1 Å². The minimum atomic E-state index is -0.0318. The van der Waals surface area contributed by atoms with Gasteiger partial charge in [0.25, 0.3) is 0 Å². The number of nitriles is 1. The lowest BCUT2D eigenvalue weighted by Gasteiger charge is -2.16. The Kier molecular flexibility index (Phi) is 5.68. The quantitative estimate of drug-likeness (QED) is 0.777. The second-order valence-corrected chi connectivity index (χ2v) is 6.75. The number of pyridine rings is 1. The number of thioether (sulfide) groups is 1. The molecule has 0 aromatic carbocycles. The van der Waals surface area contributed by atoms with E-state index in [1.54, 1.807) is 11.9 Å². The first-order valence-corrected chi connectivity index (χ1v) is 8.62. The maximum absolute atomic E-state index is 12.3. The number of furan rings is 1. The molecule has 6 heteroatoms. The molecule has 0 aliphatic carbocycles. The Balaban J connectivity index is 2.05. The first-order valence-electron chi connectivity index (χ1n) is 7.63. The molecule has 0 saturated carbocycles. The summed E-state index contributed by atoms with van der Waals surface area (Å²) in [6.07, 6.45) is 0. The molecule has 0 fully saturated rings. The highest BCUT2D eigenvalue weighted by atomic mass is 32.2. The maximum Gasteiger partial charge on any atom is 0.233 e. The Labute approximate surface area is 146 Å². The van der Waals surface area contributed by atoms with Crippen LogP contribution in [0.1, 0.15) is 33.9 Å². The molecule has 2 aromatic rings. The molecule has 0 N–H and O–H groups in total. The molecule has 0 saturated heterocycles. The van der Waals surface area contributed by atoms with Gasteiger partial charge < -0.3 is 9.32 Å². The van der Waals surface area contributed by atoms with Gasteiger partial charge in [0.05, 0.1) is 17.9 Å². The fourth-order valence-corrected chi connectivity index (χ4v) is 3.30. The Bertz CT molecular complexity index is 805. The number of rotatable bonds is 5. The summed E-state index contributed by atoms with van der Waals surface area (Å²) in [7, 11) is 1.74. The molecule has 0 aliphatic rings. The molecule has 2 heterocycles. The number of carbonyl (C=O) groups excluding carboxylic acids is 1. The number of nitrogens with zero attached hydrogens (tertiary/aromatic N) is 3. The zero-order valence-electron chi connectivity index (χ0n) is 14.6. The van der Waals surface area contributed by atoms with Crippen LogP contribution in [-0.2, 0) is 11.3 Å². The predicted molar refractivity (Wildman–Crippen MR) is 93.8 cm³/mol. The van der Waals surface area contributed by atoms with Crippen LogP contribution >= 0.6 is 11.8 Å². The first kappa shape index (κ1) is 18.1. The van der Waals surface area contributed by atoms with E-state index in [1.807, 2.05) is 39.8 Å². The summed E-state index contributed by atoms with van der Waals surface area (Å²) in [5.41, 5.74) is 3.40. The molecule has 0 aliphatic heterocycles. The number of hydrogen-bond acceptors (Lipinski definition) is 5. The van der Waals surface area contributed by atoms with Crippen LogP contribution in [0.2, 0.25) is 0 Å². The van der Waals surface area contributed by atoms with Crippen molar-refractivity contribution in [3.63, 3.8) is 0 Å². The second kappa shape index (κ2) is 7.54. The topological polar surface area (TPSA) is 70.1 Å². The fraction of sp³-hybridized carbons (Fsp3) is 0.389. The Hall–Kier alpha value is -2.26. The molecule has 24 heavy (non-hydrogen) atoms. The van der Waals surface area contributed by atoms with Gasteiger partial charge in [0, 0.05) is 12.7 Å². The number of aryl methyl sites for hydroxylation is 2. The van der Waals surface area contributed by atoms with Gasteiger partial charge in [-0.25, -0.2) is 4.98 Å². The van der Waals surface area contributed by atoms with Gasteiger partial charge in [-0.05, 0) is 51.0 Å². The molecule has 0 bridgehead atoms. The predicted octanol–water partition coefficient (Wildman–Crippen LogP) is 3.53. The van der Waals surface area contributed by atoms with Crippen molar-refractivity contribution < 1.29 is 9.21 Å². The summed E-state index contributed by atoms with van der Waals surface area (Å²) in [6, 6.07) is 5.95. The highest BCUT2D eigenvalue weighted by Crippen LogP contribution is 2.26. The number of carbonyl (C=O) groups is 1. The molecule has 1 amide bonds. The Morgan fingerprint density at radius 2 is 2.00 bits per heavy atom. The van der Waals surface area contributed by atoms with Crippen molar-refractivity contribution in [2.45, 2.75) is 39.3 Å². The van der Waals surface area contributed by atoms with Crippen molar-refractivity contribution in [1.82, 2.24) is 9.88 Å². The third kappa shape index (κ3) is 3.98. The monoisotopic (exact) mass is 343 g/mol. The van der Waals surface area contributed by atoms with Crippen LogP contribution in [0.3, 0.4) is 0 Å². The van der Waals surface area contributed by atoms with E-state index < -0.39 is 0 Å². The van der Waals surface area contributed by atoms with E-state index >= 15 is 0 Å². The molecule has 0 spiro atoms. The maximum atomic E-state index is 12.3. The van der Waals surface area contributed by atoms with Gasteiger partial charge in [0.2, 0.25) is 5.91 Å². The lowest BCUT2D eigenvalue weighted by molar-refractivity contribution is -0.127. The lowest BCUT2D eigenvalue weighted by atomic mass is 10.1. The number of hydrogen-bond donors (Lipinski definition) is 0. The van der Waals surface area contributed by atoms with Crippen molar-refractivity contribution in [3.8, 4) is 6.07 Å². The van der Waals surface area contributed by atoms with Crippen LogP contribution in [0.25, 0.3) is 0 Å². The molecular weight excluding hydrogens is 322 g/mol. The molecule has 0 atom stereocenters. The first-order chi connectivity index (χ1) is 11.3. The van der Waals surface area contributed by atoms with Gasteiger partial charge in [-0.2, -0.15) is 5.26 Å². The SMILES string of the molecule is Cc1ccc(CN(C)C(=O)CSc2nc(C)c(C)c(C)c2C#N)o1. The van der Waals surface area contributed by atoms with Gasteiger partial charge in [-0.15, -0.1) is 0 Å². The average molecular weight is 343 g/mol. The van der Waals surface area contributed by atoms with Crippen molar-refractivity contribution in [1.29, 1.82) is 5.26 Å². The van der Waals surface area contributed by atoms with Crippen molar-refractivity contribution >= 4 is 17.7 Å². The van der Waals surface area contributed by atoms with Crippen molar-refractivity contribution in [2.24, 2.45) is 0 Å². The molecule has 0 unspecified atom stereocenters. The largest absolute Gasteiger partial charge is 0.464 e. The van der Waals surface area contributed by atoms with E-state index in [1.165, 1.54) is 11.8 Å². The normalized spacial score (nSPS) is 10.5. The summed E-state index contributed by atoms with van der Waals surface area (Å²) in [6.45, 7) is 8.09. The van der Waals surface area contributed by atoms with E-state index in [2.05, 4.69) is 11.1 Å². The molecule has 2 rings (SSSR count). The fourth-order valence-electron chi connectivity index (χ4n) is 2.28. The zero-order chi connectivity index (χ0) is 17.9. The molecule has 126 valence electrons. The van der Waals surface area contributed by atoms with Crippen LogP contribution in [-0.4, -0.2) is 28.6 Å². The number of amides is 1. The van der Waals surface area contributed by atoms with Gasteiger partial charge in [0.15, 0.2) is 0 Å². The van der Waals surface area contributed by atoms with Gasteiger partial charge in [-0.1, -0.05) is 11.8 Å². The number of aromatic nitrogens is 1. The third-order valence-electron chi connectivity index (χ3n) is 4.02. The summed E-state index contributed by atoms with van der Waals surface area (Å²) in [5.74, 6) is 1.79. The minimum Gasteiger partial charge on any atom is -0.464 e. The summed E-state index contributed by atoms with van der Waals surface area (Å²) in [4.78, 5) is 18.4. The van der Waals surface area contributed by atoms with E-state index in [4.69, 9.17) is 4.42 Å². The average Bonchev–Trinajstić information content (AvgIpc) is 2.95. The second-order valence-electron chi connectivity index (χ2n) is 5.79. The van der Waals surface area contributed by atoms with Crippen LogP contribution in [0.5, 0.6) is 0 Å². The lowest BCUT2D eigenvalue weighted by Crippen LogP contribution is -2.27. The van der Waals surface area contributed by atoms with Crippen molar-refractivity contribution in [2.75, 3.05) is 12.8 Å². The standard InChI is InChI=1S/C18H21N3O2S/c1-11-6-7-15(23-11)9-21(5)17(22)10-24-18-16(8-19)13(3)12(2)14(4)20-18/h6-7H,9-10H2,1-5H3. The molecule has 0 radical (unpaired) electrons. The molecule has 2 aromatic heterocycles. The summed E-state index contributed by atoms with van der Waals surface area (Å²) in [5, 5.41) is 9.99. The van der Waals surface area contributed by atoms with E-state index in [0.29, 0.717) is 17.1 Å². The minimum absolute atomic E-state index is 0.0318. The Morgan fingerprint density at radius 3 is 2.58 bits per heavy atom. The third-order valence-corrected chi connectivity index (χ3v) is 4.98. The Morgan fingerprint density at radius 1 is 1.29 bits per heavy atom. The van der Waals surface area contributed by atoms with Crippen LogP contribution in [0.4, 0.5) is 0 Å². The van der Waals surface area contributed by atoms with Crippen molar-refractivity contribution in [3.05, 3.63) is 46.0 Å². The van der Waals surface area contributed by atoms with Gasteiger partial charge in [-0.3, -0.25) is 4.79 Å². The molecular formula is C18H21N3O2S. The summed E-state index contributed by atoms with van der Waals surface area (Å²) < 4.78 is 5.49. The molecule has 5 nitrogen and oxygen atoms in total. The van der Waals surface area contributed by atoms with Gasteiger partial charge >= 0.3 is 0 Å². The highest BCUT2D eigenvalue weighted by Gasteiger charge is 2.16. The van der Waals surface area contributed by atoms with E-state index in [-0.39, 0.29) is 11.7 Å². The van der Waals surface area contributed by atoms with Crippen LogP contribution < -0.4 is 0 Å². The smallest absolute Gasteiger partial charge is 0.233 e. The van der Waals surface area contributed by atoms with Crippen LogP contribution in [0.15, 0.2) is 21.6 Å². The van der Waals surface area contributed by atoms with Crippen LogP contribution in [0, 0.1) is 39.0 Å². The van der Waals surface area contributed by atoms with E-state index in [0.717, 1.165) is 28.3 Å². The highest BCUT2D eigenvalue weighted by molar-refractivity contribution is 8.00. The zero-order valence-corrected chi connectivity index (χ0v) is 15.5. The summed E-state index contributed by atoms with van der Waals surface area (Å²) >= 11 is 1.31.